The first-order chi connectivity index (χ1) is 8.31. The number of unbranched alkanes of at least 4 members (excludes halogenated alkanes) is 1. The van der Waals surface area contributed by atoms with E-state index in [1.807, 2.05) is 0 Å². The smallest absolute Gasteiger partial charge is 0.320 e. The minimum atomic E-state index is -1.04. The van der Waals surface area contributed by atoms with Crippen molar-refractivity contribution >= 4 is 17.9 Å². The second kappa shape index (κ2) is 11.8. The molecule has 0 aromatic rings. The molecule has 8 nitrogen and oxygen atoms in total. The summed E-state index contributed by atoms with van der Waals surface area (Å²) in [6.07, 6.45) is 1.50. The van der Waals surface area contributed by atoms with Crippen LogP contribution in [0.5, 0.6) is 0 Å². The molecule has 0 aliphatic carbocycles. The summed E-state index contributed by atoms with van der Waals surface area (Å²) < 4.78 is 0. The molecule has 18 heavy (non-hydrogen) atoms. The second-order valence-corrected chi connectivity index (χ2v) is 3.52. The van der Waals surface area contributed by atoms with E-state index in [0.29, 0.717) is 19.3 Å². The number of aliphatic carboxylic acids is 3. The zero-order valence-electron chi connectivity index (χ0n) is 10.0. The van der Waals surface area contributed by atoms with Crippen LogP contribution in [0.2, 0.25) is 0 Å². The van der Waals surface area contributed by atoms with Gasteiger partial charge in [-0.1, -0.05) is 6.42 Å². The molecule has 0 amide bonds. The van der Waals surface area contributed by atoms with Crippen LogP contribution in [-0.2, 0) is 14.4 Å². The second-order valence-electron chi connectivity index (χ2n) is 3.52. The fourth-order valence-electron chi connectivity index (χ4n) is 0.887. The van der Waals surface area contributed by atoms with E-state index in [-0.39, 0.29) is 19.4 Å². The molecule has 1 unspecified atom stereocenters. The Bertz CT molecular complexity index is 269. The van der Waals surface area contributed by atoms with Gasteiger partial charge in [-0.25, -0.2) is 0 Å². The highest BCUT2D eigenvalue weighted by atomic mass is 16.4. The van der Waals surface area contributed by atoms with E-state index < -0.39 is 23.9 Å². The average molecular weight is 264 g/mol. The third-order valence-corrected chi connectivity index (χ3v) is 1.83. The molecule has 7 N–H and O–H groups in total. The van der Waals surface area contributed by atoms with Crippen LogP contribution in [-0.4, -0.2) is 45.8 Å². The van der Waals surface area contributed by atoms with Crippen molar-refractivity contribution in [1.29, 1.82) is 0 Å². The lowest BCUT2D eigenvalue weighted by Gasteiger charge is -2.03. The van der Waals surface area contributed by atoms with Crippen LogP contribution in [0.1, 0.15) is 32.1 Å². The van der Waals surface area contributed by atoms with E-state index in [1.54, 1.807) is 0 Å². The number of hydrogen-bond donors (Lipinski definition) is 5. The average Bonchev–Trinajstić information content (AvgIpc) is 2.24. The Morgan fingerprint density at radius 3 is 1.72 bits per heavy atom. The summed E-state index contributed by atoms with van der Waals surface area (Å²) in [5.74, 6) is -2.73. The number of nitrogens with two attached hydrogens (primary N) is 2. The lowest BCUT2D eigenvalue weighted by molar-refractivity contribution is -0.139. The highest BCUT2D eigenvalue weighted by molar-refractivity contribution is 5.73. The van der Waals surface area contributed by atoms with Crippen LogP contribution in [0, 0.1) is 0 Å². The van der Waals surface area contributed by atoms with E-state index >= 15 is 0 Å². The summed E-state index contributed by atoms with van der Waals surface area (Å²) in [6.45, 7) is 0.231. The Labute approximate surface area is 105 Å². The number of carboxylic acids is 3. The van der Waals surface area contributed by atoms with Gasteiger partial charge in [0.25, 0.3) is 0 Å². The first-order valence-electron chi connectivity index (χ1n) is 5.43. The molecule has 0 radical (unpaired) electrons. The Morgan fingerprint density at radius 2 is 1.44 bits per heavy atom. The minimum absolute atomic E-state index is 0.0694. The van der Waals surface area contributed by atoms with Gasteiger partial charge in [-0.15, -0.1) is 0 Å². The molecule has 0 aromatic heterocycles. The zero-order chi connectivity index (χ0) is 14.6. The molecule has 0 spiro atoms. The molecular formula is C10H20N2O6. The summed E-state index contributed by atoms with van der Waals surface area (Å²) in [5, 5.41) is 24.4. The molecule has 0 rings (SSSR count). The molecule has 0 heterocycles. The molecular weight excluding hydrogens is 244 g/mol. The van der Waals surface area contributed by atoms with Gasteiger partial charge in [0.15, 0.2) is 0 Å². The Morgan fingerprint density at radius 1 is 0.944 bits per heavy atom. The molecule has 106 valence electrons. The van der Waals surface area contributed by atoms with Gasteiger partial charge >= 0.3 is 17.9 Å². The standard InChI is InChI=1S/C7H13NO4.C3H7NO2/c8-5(7(11)12)3-1-2-4-6(9)10;4-2-1-3(5)6/h5H,1-4,8H2,(H,9,10)(H,11,12);1-2,4H2,(H,5,6). The molecule has 0 saturated carbocycles. The van der Waals surface area contributed by atoms with Crippen LogP contribution < -0.4 is 11.5 Å². The highest BCUT2D eigenvalue weighted by Gasteiger charge is 2.10. The topological polar surface area (TPSA) is 164 Å². The summed E-state index contributed by atoms with van der Waals surface area (Å²) in [6, 6.07) is -0.862. The first-order valence-corrected chi connectivity index (χ1v) is 5.43. The maximum absolute atomic E-state index is 10.2. The van der Waals surface area contributed by atoms with E-state index in [4.69, 9.17) is 26.8 Å². The fourth-order valence-corrected chi connectivity index (χ4v) is 0.887. The van der Waals surface area contributed by atoms with Gasteiger partial charge in [0.05, 0.1) is 6.42 Å². The summed E-state index contributed by atoms with van der Waals surface area (Å²) in [7, 11) is 0. The molecule has 0 aliphatic heterocycles. The third kappa shape index (κ3) is 16.7. The summed E-state index contributed by atoms with van der Waals surface area (Å²) in [5.41, 5.74) is 10.0. The van der Waals surface area contributed by atoms with E-state index in [2.05, 4.69) is 0 Å². The van der Waals surface area contributed by atoms with E-state index in [0.717, 1.165) is 0 Å². The molecule has 0 aliphatic rings. The SMILES string of the molecule is NC(CCCCC(=O)O)C(=O)O.NCCC(=O)O. The van der Waals surface area contributed by atoms with Crippen LogP contribution in [0.3, 0.4) is 0 Å². The van der Waals surface area contributed by atoms with Crippen LogP contribution >= 0.6 is 0 Å². The van der Waals surface area contributed by atoms with E-state index in [9.17, 15) is 14.4 Å². The Balaban J connectivity index is 0. The van der Waals surface area contributed by atoms with Gasteiger partial charge in [0.2, 0.25) is 0 Å². The molecule has 8 heteroatoms. The van der Waals surface area contributed by atoms with Crippen molar-refractivity contribution in [2.75, 3.05) is 6.54 Å². The van der Waals surface area contributed by atoms with Gasteiger partial charge in [-0.05, 0) is 12.8 Å². The molecule has 0 saturated heterocycles. The molecule has 0 fully saturated rings. The predicted octanol–water partition coefficient (Wildman–Crippen LogP) is -0.537. The quantitative estimate of drug-likeness (QED) is 0.365. The van der Waals surface area contributed by atoms with Crippen molar-refractivity contribution in [2.45, 2.75) is 38.1 Å². The van der Waals surface area contributed by atoms with Crippen LogP contribution in [0.25, 0.3) is 0 Å². The lowest BCUT2D eigenvalue weighted by Crippen LogP contribution is -2.29. The van der Waals surface area contributed by atoms with Gasteiger partial charge in [0, 0.05) is 13.0 Å². The Kier molecular flexibility index (Phi) is 12.3. The largest absolute Gasteiger partial charge is 0.481 e. The Hall–Kier alpha value is -1.67. The molecule has 0 bridgehead atoms. The molecule has 1 atom stereocenters. The van der Waals surface area contributed by atoms with Crippen LogP contribution in [0.4, 0.5) is 0 Å². The molecule has 0 aromatic carbocycles. The fraction of sp³-hybridized carbons (Fsp3) is 0.700. The first kappa shape index (κ1) is 18.7. The summed E-state index contributed by atoms with van der Waals surface area (Å²) >= 11 is 0. The number of hydrogen-bond acceptors (Lipinski definition) is 5. The van der Waals surface area contributed by atoms with Crippen molar-refractivity contribution in [3.05, 3.63) is 0 Å². The van der Waals surface area contributed by atoms with Crippen molar-refractivity contribution in [3.63, 3.8) is 0 Å². The van der Waals surface area contributed by atoms with E-state index in [1.165, 1.54) is 0 Å². The summed E-state index contributed by atoms with van der Waals surface area (Å²) in [4.78, 5) is 29.7. The normalized spacial score (nSPS) is 11.0. The zero-order valence-corrected chi connectivity index (χ0v) is 10.0. The van der Waals surface area contributed by atoms with Crippen molar-refractivity contribution < 1.29 is 29.7 Å². The van der Waals surface area contributed by atoms with Crippen LogP contribution in [0.15, 0.2) is 0 Å². The predicted molar refractivity (Wildman–Crippen MR) is 63.0 cm³/mol. The number of rotatable bonds is 8. The number of carbonyl (C=O) groups is 3. The van der Waals surface area contributed by atoms with Crippen molar-refractivity contribution in [3.8, 4) is 0 Å². The highest BCUT2D eigenvalue weighted by Crippen LogP contribution is 2.02. The van der Waals surface area contributed by atoms with Gasteiger partial charge in [-0.3, -0.25) is 14.4 Å². The maximum Gasteiger partial charge on any atom is 0.320 e. The lowest BCUT2D eigenvalue weighted by atomic mass is 10.1. The monoisotopic (exact) mass is 264 g/mol. The van der Waals surface area contributed by atoms with Crippen molar-refractivity contribution in [2.24, 2.45) is 11.5 Å². The minimum Gasteiger partial charge on any atom is -0.481 e. The van der Waals surface area contributed by atoms with Crippen molar-refractivity contribution in [1.82, 2.24) is 0 Å². The number of carboxylic acid groups (broad SMARTS) is 3. The van der Waals surface area contributed by atoms with Gasteiger partial charge < -0.3 is 26.8 Å². The van der Waals surface area contributed by atoms with Gasteiger partial charge in [0.1, 0.15) is 6.04 Å². The maximum atomic E-state index is 10.2. The third-order valence-electron chi connectivity index (χ3n) is 1.83. The van der Waals surface area contributed by atoms with Gasteiger partial charge in [-0.2, -0.15) is 0 Å².